The van der Waals surface area contributed by atoms with Crippen molar-refractivity contribution in [3.8, 4) is 5.75 Å². The van der Waals surface area contributed by atoms with Crippen LogP contribution in [0, 0.1) is 6.92 Å². The Bertz CT molecular complexity index is 948. The standard InChI is InChI=1S/C20H20ClN3O3S/c1-12-8-9-13(10-14(12)21)24-18(25)11-17(19(24)26)28-20(22-2)23-15-6-4-5-7-16(15)27-3/h4-10,17H,11H2,1-3H3,(H,22,23)/t17-/m0/s1. The van der Waals surface area contributed by atoms with E-state index in [1.54, 1.807) is 32.4 Å². The average molecular weight is 418 g/mol. The fourth-order valence-corrected chi connectivity index (χ4v) is 3.97. The highest BCUT2D eigenvalue weighted by Gasteiger charge is 2.41. The summed E-state index contributed by atoms with van der Waals surface area (Å²) in [6.07, 6.45) is 0.0988. The van der Waals surface area contributed by atoms with Crippen LogP contribution >= 0.6 is 23.4 Å². The number of imide groups is 1. The summed E-state index contributed by atoms with van der Waals surface area (Å²) in [5, 5.41) is 3.65. The van der Waals surface area contributed by atoms with Gasteiger partial charge >= 0.3 is 0 Å². The molecule has 1 N–H and O–H groups in total. The van der Waals surface area contributed by atoms with E-state index in [9.17, 15) is 9.59 Å². The highest BCUT2D eigenvalue weighted by Crippen LogP contribution is 2.33. The number of amidine groups is 1. The van der Waals surface area contributed by atoms with Gasteiger partial charge in [-0.15, -0.1) is 0 Å². The van der Waals surface area contributed by atoms with E-state index in [1.165, 1.54) is 16.7 Å². The summed E-state index contributed by atoms with van der Waals surface area (Å²) in [6.45, 7) is 1.87. The van der Waals surface area contributed by atoms with Gasteiger partial charge in [-0.2, -0.15) is 0 Å². The molecule has 2 aromatic carbocycles. The number of rotatable bonds is 4. The van der Waals surface area contributed by atoms with Gasteiger partial charge in [-0.1, -0.05) is 41.6 Å². The lowest BCUT2D eigenvalue weighted by molar-refractivity contribution is -0.121. The van der Waals surface area contributed by atoms with Crippen LogP contribution in [0.5, 0.6) is 5.75 Å². The maximum Gasteiger partial charge on any atom is 0.247 e. The molecule has 1 fully saturated rings. The Morgan fingerprint density at radius 1 is 1.29 bits per heavy atom. The third kappa shape index (κ3) is 4.15. The van der Waals surface area contributed by atoms with E-state index in [4.69, 9.17) is 16.3 Å². The smallest absolute Gasteiger partial charge is 0.247 e. The van der Waals surface area contributed by atoms with Crippen LogP contribution in [0.4, 0.5) is 11.4 Å². The zero-order chi connectivity index (χ0) is 20.3. The van der Waals surface area contributed by atoms with E-state index in [-0.39, 0.29) is 18.2 Å². The van der Waals surface area contributed by atoms with Gasteiger partial charge in [0.15, 0.2) is 5.17 Å². The molecule has 0 aromatic heterocycles. The van der Waals surface area contributed by atoms with E-state index in [2.05, 4.69) is 10.3 Å². The number of nitrogens with zero attached hydrogens (tertiary/aromatic N) is 2. The number of hydrogen-bond donors (Lipinski definition) is 1. The summed E-state index contributed by atoms with van der Waals surface area (Å²) in [7, 11) is 3.21. The second kappa shape index (κ2) is 8.67. The van der Waals surface area contributed by atoms with Gasteiger partial charge in [0.05, 0.1) is 18.5 Å². The average Bonchev–Trinajstić information content (AvgIpc) is 2.97. The molecular weight excluding hydrogens is 398 g/mol. The highest BCUT2D eigenvalue weighted by atomic mass is 35.5. The number of halogens is 1. The Labute approximate surface area is 172 Å². The molecule has 6 nitrogen and oxygen atoms in total. The largest absolute Gasteiger partial charge is 0.495 e. The lowest BCUT2D eigenvalue weighted by Crippen LogP contribution is -2.31. The summed E-state index contributed by atoms with van der Waals surface area (Å²) in [5.74, 6) is 0.127. The quantitative estimate of drug-likeness (QED) is 0.460. The Morgan fingerprint density at radius 3 is 2.71 bits per heavy atom. The number of aliphatic imine (C=N–C) groups is 1. The molecule has 0 saturated carbocycles. The van der Waals surface area contributed by atoms with E-state index >= 15 is 0 Å². The van der Waals surface area contributed by atoms with Crippen LogP contribution in [-0.4, -0.2) is 36.4 Å². The fraction of sp³-hybridized carbons (Fsp3) is 0.250. The number of amides is 2. The van der Waals surface area contributed by atoms with Crippen LogP contribution in [0.15, 0.2) is 47.5 Å². The monoisotopic (exact) mass is 417 g/mol. The third-order valence-corrected chi connectivity index (χ3v) is 5.89. The van der Waals surface area contributed by atoms with Crippen molar-refractivity contribution in [1.29, 1.82) is 0 Å². The van der Waals surface area contributed by atoms with E-state index in [1.807, 2.05) is 31.2 Å². The van der Waals surface area contributed by atoms with Gasteiger partial charge in [0.1, 0.15) is 11.0 Å². The summed E-state index contributed by atoms with van der Waals surface area (Å²) in [4.78, 5) is 30.8. The topological polar surface area (TPSA) is 71.0 Å². The molecule has 8 heteroatoms. The van der Waals surface area contributed by atoms with Crippen molar-refractivity contribution in [3.63, 3.8) is 0 Å². The van der Waals surface area contributed by atoms with Crippen LogP contribution in [0.3, 0.4) is 0 Å². The van der Waals surface area contributed by atoms with Gasteiger partial charge < -0.3 is 10.1 Å². The predicted octanol–water partition coefficient (Wildman–Crippen LogP) is 4.12. The van der Waals surface area contributed by atoms with E-state index in [0.29, 0.717) is 21.6 Å². The molecule has 2 amide bonds. The lowest BCUT2D eigenvalue weighted by Gasteiger charge is -2.17. The number of ether oxygens (including phenoxy) is 1. The number of thioether (sulfide) groups is 1. The maximum absolute atomic E-state index is 12.9. The molecule has 0 aliphatic carbocycles. The second-order valence-corrected chi connectivity index (χ2v) is 7.76. The first kappa shape index (κ1) is 20.2. The van der Waals surface area contributed by atoms with Crippen molar-refractivity contribution < 1.29 is 14.3 Å². The maximum atomic E-state index is 12.9. The minimum absolute atomic E-state index is 0.0988. The number of carbonyl (C=O) groups is 2. The predicted molar refractivity (Wildman–Crippen MR) is 115 cm³/mol. The molecular formula is C20H20ClN3O3S. The van der Waals surface area contributed by atoms with Crippen LogP contribution in [-0.2, 0) is 9.59 Å². The molecule has 3 rings (SSSR count). The number of hydrogen-bond acceptors (Lipinski definition) is 5. The summed E-state index contributed by atoms with van der Waals surface area (Å²) in [6, 6.07) is 12.6. The molecule has 1 heterocycles. The number of carbonyl (C=O) groups excluding carboxylic acids is 2. The summed E-state index contributed by atoms with van der Waals surface area (Å²) >= 11 is 7.38. The summed E-state index contributed by atoms with van der Waals surface area (Å²) in [5.41, 5.74) is 2.11. The highest BCUT2D eigenvalue weighted by molar-refractivity contribution is 8.15. The molecule has 2 aromatic rings. The SMILES string of the molecule is CN=C(Nc1ccccc1OC)S[C@H]1CC(=O)N(c2ccc(C)c(Cl)c2)C1=O. The van der Waals surface area contributed by atoms with Gasteiger partial charge in [0, 0.05) is 18.5 Å². The zero-order valence-corrected chi connectivity index (χ0v) is 17.3. The number of aryl methyl sites for hydroxylation is 1. The lowest BCUT2D eigenvalue weighted by atomic mass is 10.2. The minimum atomic E-state index is -0.562. The molecule has 0 spiro atoms. The molecule has 1 aliphatic rings. The number of anilines is 2. The van der Waals surface area contributed by atoms with Crippen LogP contribution in [0.25, 0.3) is 0 Å². The number of benzene rings is 2. The molecule has 1 saturated heterocycles. The Morgan fingerprint density at radius 2 is 2.04 bits per heavy atom. The van der Waals surface area contributed by atoms with Crippen molar-refractivity contribution in [2.24, 2.45) is 4.99 Å². The van der Waals surface area contributed by atoms with Gasteiger partial charge in [-0.05, 0) is 36.8 Å². The summed E-state index contributed by atoms with van der Waals surface area (Å²) < 4.78 is 5.33. The first-order valence-corrected chi connectivity index (χ1v) is 9.86. The molecule has 0 radical (unpaired) electrons. The van der Waals surface area contributed by atoms with Gasteiger partial charge in [0.2, 0.25) is 11.8 Å². The number of nitrogens with one attached hydrogen (secondary N) is 1. The van der Waals surface area contributed by atoms with Gasteiger partial charge in [-0.3, -0.25) is 14.6 Å². The molecule has 0 bridgehead atoms. The number of para-hydroxylation sites is 2. The normalized spacial score (nSPS) is 17.2. The van der Waals surface area contributed by atoms with Crippen molar-refractivity contribution >= 4 is 51.7 Å². The molecule has 146 valence electrons. The second-order valence-electron chi connectivity index (χ2n) is 6.17. The van der Waals surface area contributed by atoms with Crippen LogP contribution in [0.1, 0.15) is 12.0 Å². The molecule has 1 atom stereocenters. The van der Waals surface area contributed by atoms with Crippen molar-refractivity contribution in [3.05, 3.63) is 53.1 Å². The van der Waals surface area contributed by atoms with Crippen molar-refractivity contribution in [1.82, 2.24) is 0 Å². The minimum Gasteiger partial charge on any atom is -0.495 e. The first-order chi connectivity index (χ1) is 13.4. The number of methoxy groups -OCH3 is 1. The molecule has 0 unspecified atom stereocenters. The fourth-order valence-electron chi connectivity index (χ4n) is 2.82. The Kier molecular flexibility index (Phi) is 6.26. The third-order valence-electron chi connectivity index (χ3n) is 4.32. The van der Waals surface area contributed by atoms with Gasteiger partial charge in [0.25, 0.3) is 0 Å². The van der Waals surface area contributed by atoms with Crippen LogP contribution < -0.4 is 15.0 Å². The molecule has 28 heavy (non-hydrogen) atoms. The van der Waals surface area contributed by atoms with E-state index in [0.717, 1.165) is 11.3 Å². The first-order valence-electron chi connectivity index (χ1n) is 8.61. The Hall–Kier alpha value is -2.51. The van der Waals surface area contributed by atoms with Crippen LogP contribution in [0.2, 0.25) is 5.02 Å². The van der Waals surface area contributed by atoms with Crippen molar-refractivity contribution in [2.75, 3.05) is 24.4 Å². The van der Waals surface area contributed by atoms with E-state index < -0.39 is 5.25 Å². The van der Waals surface area contributed by atoms with Gasteiger partial charge in [-0.25, -0.2) is 4.90 Å². The zero-order valence-electron chi connectivity index (χ0n) is 15.7. The van der Waals surface area contributed by atoms with Crippen molar-refractivity contribution in [2.45, 2.75) is 18.6 Å². The Balaban J connectivity index is 1.76. The molecule has 1 aliphatic heterocycles.